The summed E-state index contributed by atoms with van der Waals surface area (Å²) in [4.78, 5) is 27.9. The van der Waals surface area contributed by atoms with Crippen LogP contribution < -0.4 is 5.32 Å². The molecule has 2 N–H and O–H groups in total. The van der Waals surface area contributed by atoms with Crippen LogP contribution >= 0.6 is 0 Å². The Balaban J connectivity index is 1.44. The predicted octanol–water partition coefficient (Wildman–Crippen LogP) is 2.48. The van der Waals surface area contributed by atoms with Crippen molar-refractivity contribution in [2.45, 2.75) is 6.42 Å². The molecule has 1 amide bonds. The number of pyridine rings is 1. The minimum Gasteiger partial charge on any atom is -0.361 e. The van der Waals surface area contributed by atoms with E-state index >= 15 is 0 Å². The molecule has 0 fully saturated rings. The summed E-state index contributed by atoms with van der Waals surface area (Å²) in [5.74, 6) is -0.158. The van der Waals surface area contributed by atoms with Crippen LogP contribution in [0, 0.1) is 0 Å². The Morgan fingerprint density at radius 2 is 2.00 bits per heavy atom. The van der Waals surface area contributed by atoms with Gasteiger partial charge in [-0.05, 0) is 24.1 Å². The molecule has 4 rings (SSSR count). The Morgan fingerprint density at radius 1 is 1.12 bits per heavy atom. The number of hydrogen-bond donors (Lipinski definition) is 2. The summed E-state index contributed by atoms with van der Waals surface area (Å²) >= 11 is 0. The Morgan fingerprint density at radius 3 is 2.96 bits per heavy atom. The number of nitrogens with zero attached hydrogens (tertiary/aromatic N) is 3. The first kappa shape index (κ1) is 14.3. The van der Waals surface area contributed by atoms with Crippen molar-refractivity contribution in [2.24, 2.45) is 0 Å². The number of nitrogens with one attached hydrogen (secondary N) is 2. The van der Waals surface area contributed by atoms with Crippen molar-refractivity contribution in [3.05, 3.63) is 66.2 Å². The van der Waals surface area contributed by atoms with E-state index in [-0.39, 0.29) is 5.91 Å². The second-order valence-electron chi connectivity index (χ2n) is 5.49. The highest BCUT2D eigenvalue weighted by molar-refractivity contribution is 5.96. The third-order valence-corrected chi connectivity index (χ3v) is 3.94. The first-order chi connectivity index (χ1) is 11.8. The van der Waals surface area contributed by atoms with Gasteiger partial charge in [-0.15, -0.1) is 0 Å². The third kappa shape index (κ3) is 2.69. The second kappa shape index (κ2) is 6.08. The number of hydrogen-bond acceptors (Lipinski definition) is 4. The van der Waals surface area contributed by atoms with Crippen LogP contribution in [0.25, 0.3) is 22.1 Å². The van der Waals surface area contributed by atoms with Gasteiger partial charge >= 0.3 is 0 Å². The van der Waals surface area contributed by atoms with Crippen LogP contribution in [-0.2, 0) is 6.42 Å². The third-order valence-electron chi connectivity index (χ3n) is 3.94. The standard InChI is InChI=1S/C18H15N5O/c24-18(13-9-16-17(23-11-13)20-8-7-19-16)21-6-5-12-10-22-15-4-2-1-3-14(12)15/h1-4,7-11,22H,5-6H2,(H,21,24). The molecule has 0 radical (unpaired) electrons. The molecule has 0 saturated heterocycles. The number of H-pyrrole nitrogens is 1. The summed E-state index contributed by atoms with van der Waals surface area (Å²) in [6, 6.07) is 9.84. The highest BCUT2D eigenvalue weighted by Crippen LogP contribution is 2.17. The largest absolute Gasteiger partial charge is 0.361 e. The second-order valence-corrected chi connectivity index (χ2v) is 5.49. The maximum absolute atomic E-state index is 12.3. The van der Waals surface area contributed by atoms with E-state index in [2.05, 4.69) is 31.3 Å². The summed E-state index contributed by atoms with van der Waals surface area (Å²) in [6.45, 7) is 0.555. The van der Waals surface area contributed by atoms with Crippen molar-refractivity contribution < 1.29 is 4.79 Å². The first-order valence-electron chi connectivity index (χ1n) is 7.71. The molecule has 0 atom stereocenters. The zero-order chi connectivity index (χ0) is 16.4. The monoisotopic (exact) mass is 317 g/mol. The molecule has 0 aliphatic carbocycles. The summed E-state index contributed by atoms with van der Waals surface area (Å²) in [5.41, 5.74) is 3.93. The van der Waals surface area contributed by atoms with Crippen molar-refractivity contribution in [3.8, 4) is 0 Å². The fraction of sp³-hybridized carbons (Fsp3) is 0.111. The van der Waals surface area contributed by atoms with Gasteiger partial charge in [-0.2, -0.15) is 0 Å². The van der Waals surface area contributed by atoms with Crippen LogP contribution in [0.5, 0.6) is 0 Å². The normalized spacial score (nSPS) is 11.0. The lowest BCUT2D eigenvalue weighted by atomic mass is 10.1. The van der Waals surface area contributed by atoms with Crippen molar-refractivity contribution in [1.29, 1.82) is 0 Å². The molecule has 3 aromatic heterocycles. The number of benzene rings is 1. The van der Waals surface area contributed by atoms with Crippen LogP contribution in [0.4, 0.5) is 0 Å². The van der Waals surface area contributed by atoms with Gasteiger partial charge in [0, 0.05) is 42.2 Å². The smallest absolute Gasteiger partial charge is 0.252 e. The summed E-state index contributed by atoms with van der Waals surface area (Å²) < 4.78 is 0. The fourth-order valence-electron chi connectivity index (χ4n) is 2.73. The zero-order valence-corrected chi connectivity index (χ0v) is 12.9. The average Bonchev–Trinajstić information content (AvgIpc) is 3.04. The van der Waals surface area contributed by atoms with Crippen molar-refractivity contribution >= 4 is 28.0 Å². The number of carbonyl (C=O) groups excluding carboxylic acids is 1. The van der Waals surface area contributed by atoms with Gasteiger partial charge < -0.3 is 10.3 Å². The Bertz CT molecular complexity index is 1020. The van der Waals surface area contributed by atoms with Gasteiger partial charge in [-0.25, -0.2) is 9.97 Å². The molecule has 6 heteroatoms. The molecule has 118 valence electrons. The molecule has 0 saturated carbocycles. The molecule has 0 spiro atoms. The van der Waals surface area contributed by atoms with Gasteiger partial charge in [0.1, 0.15) is 5.52 Å². The van der Waals surface area contributed by atoms with Gasteiger partial charge in [0.15, 0.2) is 5.65 Å². The lowest BCUT2D eigenvalue weighted by molar-refractivity contribution is 0.0954. The molecular formula is C18H15N5O. The zero-order valence-electron chi connectivity index (χ0n) is 12.9. The summed E-state index contributed by atoms with van der Waals surface area (Å²) in [5, 5.41) is 4.11. The molecule has 0 aliphatic rings. The minimum atomic E-state index is -0.158. The molecule has 6 nitrogen and oxygen atoms in total. The van der Waals surface area contributed by atoms with E-state index in [1.54, 1.807) is 18.5 Å². The number of fused-ring (bicyclic) bond motifs is 2. The number of amides is 1. The Labute approximate surface area is 138 Å². The van der Waals surface area contributed by atoms with E-state index in [9.17, 15) is 4.79 Å². The molecule has 0 aliphatic heterocycles. The molecule has 3 heterocycles. The number of aromatic nitrogens is 4. The van der Waals surface area contributed by atoms with Gasteiger partial charge in [-0.1, -0.05) is 18.2 Å². The number of rotatable bonds is 4. The maximum Gasteiger partial charge on any atom is 0.252 e. The maximum atomic E-state index is 12.3. The topological polar surface area (TPSA) is 83.6 Å². The first-order valence-corrected chi connectivity index (χ1v) is 7.71. The van der Waals surface area contributed by atoms with Crippen molar-refractivity contribution in [2.75, 3.05) is 6.54 Å². The van der Waals surface area contributed by atoms with E-state index in [0.717, 1.165) is 11.9 Å². The quantitative estimate of drug-likeness (QED) is 0.605. The van der Waals surface area contributed by atoms with E-state index in [1.807, 2.05) is 24.4 Å². The van der Waals surface area contributed by atoms with E-state index < -0.39 is 0 Å². The van der Waals surface area contributed by atoms with Gasteiger partial charge in [0.05, 0.1) is 5.56 Å². The summed E-state index contributed by atoms with van der Waals surface area (Å²) in [7, 11) is 0. The highest BCUT2D eigenvalue weighted by atomic mass is 16.1. The van der Waals surface area contributed by atoms with Crippen molar-refractivity contribution in [3.63, 3.8) is 0 Å². The molecule has 0 bridgehead atoms. The predicted molar refractivity (Wildman–Crippen MR) is 91.7 cm³/mol. The van der Waals surface area contributed by atoms with Crippen LogP contribution in [0.2, 0.25) is 0 Å². The SMILES string of the molecule is O=C(NCCc1c[nH]c2ccccc12)c1cnc2nccnc2c1. The lowest BCUT2D eigenvalue weighted by Gasteiger charge is -2.05. The van der Waals surface area contributed by atoms with E-state index in [1.165, 1.54) is 17.1 Å². The van der Waals surface area contributed by atoms with Gasteiger partial charge in [-0.3, -0.25) is 9.78 Å². The van der Waals surface area contributed by atoms with Gasteiger partial charge in [0.25, 0.3) is 5.91 Å². The highest BCUT2D eigenvalue weighted by Gasteiger charge is 2.09. The molecular weight excluding hydrogens is 302 g/mol. The minimum absolute atomic E-state index is 0.158. The Kier molecular flexibility index (Phi) is 3.63. The van der Waals surface area contributed by atoms with Crippen molar-refractivity contribution in [1.82, 2.24) is 25.3 Å². The van der Waals surface area contributed by atoms with Crippen LogP contribution in [0.3, 0.4) is 0 Å². The molecule has 24 heavy (non-hydrogen) atoms. The van der Waals surface area contributed by atoms with Crippen LogP contribution in [-0.4, -0.2) is 32.4 Å². The van der Waals surface area contributed by atoms with Gasteiger partial charge in [0.2, 0.25) is 0 Å². The molecule has 0 unspecified atom stereocenters. The average molecular weight is 317 g/mol. The Hall–Kier alpha value is -3.28. The molecule has 4 aromatic rings. The van der Waals surface area contributed by atoms with E-state index in [4.69, 9.17) is 0 Å². The number of aromatic amines is 1. The van der Waals surface area contributed by atoms with Crippen LogP contribution in [0.15, 0.2) is 55.1 Å². The molecule has 1 aromatic carbocycles. The number of carbonyl (C=O) groups is 1. The summed E-state index contributed by atoms with van der Waals surface area (Å²) in [6.07, 6.45) is 7.44. The van der Waals surface area contributed by atoms with E-state index in [0.29, 0.717) is 23.3 Å². The van der Waals surface area contributed by atoms with Crippen LogP contribution in [0.1, 0.15) is 15.9 Å². The fourth-order valence-corrected chi connectivity index (χ4v) is 2.73. The number of para-hydroxylation sites is 1. The lowest BCUT2D eigenvalue weighted by Crippen LogP contribution is -2.25.